The van der Waals surface area contributed by atoms with Gasteiger partial charge in [0.1, 0.15) is 30.5 Å². The van der Waals surface area contributed by atoms with Crippen molar-refractivity contribution < 1.29 is 50.5 Å². The molecule has 1 atom stereocenters. The third-order valence-corrected chi connectivity index (χ3v) is 6.38. The van der Waals surface area contributed by atoms with Crippen molar-refractivity contribution >= 4 is 12.0 Å². The summed E-state index contributed by atoms with van der Waals surface area (Å²) in [5, 5.41) is 12.3. The Hall–Kier alpha value is -3.41. The Labute approximate surface area is 214 Å². The van der Waals surface area contributed by atoms with Crippen molar-refractivity contribution in [2.75, 3.05) is 13.2 Å². The lowest BCUT2D eigenvalue weighted by atomic mass is 9.80. The van der Waals surface area contributed by atoms with Gasteiger partial charge >= 0.3 is 18.3 Å². The molecule has 206 valence electrons. The van der Waals surface area contributed by atoms with Gasteiger partial charge in [-0.25, -0.2) is 0 Å². The van der Waals surface area contributed by atoms with Gasteiger partial charge < -0.3 is 24.6 Å². The second-order valence-electron chi connectivity index (χ2n) is 9.29. The van der Waals surface area contributed by atoms with Gasteiger partial charge in [0.2, 0.25) is 0 Å². The lowest BCUT2D eigenvalue weighted by Crippen LogP contribution is -2.45. The lowest BCUT2D eigenvalue weighted by molar-refractivity contribution is -0.191. The van der Waals surface area contributed by atoms with Gasteiger partial charge in [-0.15, -0.1) is 0 Å². The summed E-state index contributed by atoms with van der Waals surface area (Å²) in [6.45, 7) is 1.23. The van der Waals surface area contributed by atoms with E-state index >= 15 is 0 Å². The molecule has 12 heteroatoms. The molecular formula is C26H25F6NO5. The molecule has 4 rings (SSSR count). The zero-order chi connectivity index (χ0) is 27.7. The highest BCUT2D eigenvalue weighted by Crippen LogP contribution is 2.39. The molecule has 6 nitrogen and oxygen atoms in total. The third-order valence-electron chi connectivity index (χ3n) is 6.38. The van der Waals surface area contributed by atoms with Crippen LogP contribution in [0.25, 0.3) is 6.08 Å². The normalized spacial score (nSPS) is 19.9. The number of rotatable bonds is 9. The highest BCUT2D eigenvalue weighted by atomic mass is 19.4. The van der Waals surface area contributed by atoms with Crippen LogP contribution in [0.5, 0.6) is 17.2 Å². The van der Waals surface area contributed by atoms with Crippen LogP contribution in [-0.2, 0) is 17.6 Å². The summed E-state index contributed by atoms with van der Waals surface area (Å²) in [6.07, 6.45) is -9.02. The second kappa shape index (κ2) is 10.8. The highest BCUT2D eigenvalue weighted by Gasteiger charge is 2.41. The molecule has 0 bridgehead atoms. The van der Waals surface area contributed by atoms with Crippen LogP contribution < -0.4 is 19.5 Å². The first-order valence-electron chi connectivity index (χ1n) is 11.8. The fourth-order valence-corrected chi connectivity index (χ4v) is 4.06. The predicted octanol–water partition coefficient (Wildman–Crippen LogP) is 5.84. The van der Waals surface area contributed by atoms with Crippen molar-refractivity contribution in [3.8, 4) is 17.2 Å². The third kappa shape index (κ3) is 6.72. The van der Waals surface area contributed by atoms with Crippen LogP contribution in [0.4, 0.5) is 26.3 Å². The van der Waals surface area contributed by atoms with E-state index in [0.29, 0.717) is 50.5 Å². The van der Waals surface area contributed by atoms with E-state index in [-0.39, 0.29) is 24.1 Å². The molecule has 1 aliphatic carbocycles. The highest BCUT2D eigenvalue weighted by molar-refractivity contribution is 5.71. The Kier molecular flexibility index (Phi) is 7.82. The first-order valence-corrected chi connectivity index (χ1v) is 11.8. The zero-order valence-electron chi connectivity index (χ0n) is 20.2. The summed E-state index contributed by atoms with van der Waals surface area (Å²) in [4.78, 5) is 10.9. The van der Waals surface area contributed by atoms with E-state index in [9.17, 15) is 31.1 Å². The second-order valence-corrected chi connectivity index (χ2v) is 9.29. The Balaban J connectivity index is 1.37. The molecule has 1 aliphatic heterocycles. The summed E-state index contributed by atoms with van der Waals surface area (Å²) in [7, 11) is 0. The summed E-state index contributed by atoms with van der Waals surface area (Å²) in [6, 6.07) is 7.90. The Morgan fingerprint density at radius 3 is 2.53 bits per heavy atom. The number of carboxylic acid groups (broad SMARTS) is 1. The van der Waals surface area contributed by atoms with Crippen molar-refractivity contribution in [3.63, 3.8) is 0 Å². The van der Waals surface area contributed by atoms with Crippen LogP contribution in [-0.4, -0.2) is 42.5 Å². The van der Waals surface area contributed by atoms with Gasteiger partial charge in [0.05, 0.1) is 11.5 Å². The molecular weight excluding hydrogens is 520 g/mol. The summed E-state index contributed by atoms with van der Waals surface area (Å²) >= 11 is 0. The fourth-order valence-electron chi connectivity index (χ4n) is 4.06. The van der Waals surface area contributed by atoms with E-state index < -0.39 is 35.7 Å². The van der Waals surface area contributed by atoms with Gasteiger partial charge in [0, 0.05) is 24.2 Å². The minimum Gasteiger partial charge on any atom is -0.489 e. The lowest BCUT2D eigenvalue weighted by Gasteiger charge is -2.33. The van der Waals surface area contributed by atoms with Crippen LogP contribution in [0.2, 0.25) is 0 Å². The molecule has 2 aromatic rings. The molecule has 0 unspecified atom stereocenters. The standard InChI is InChI=1S/C26H25F6NO5/c1-14(25(27,28)29)38-22-5-2-15(7-21(22)26(30,31)32)12-36-20-4-3-17-6-16(13-37-23(17)10-20)11-33-19-8-18(9-19)24(34)35/h2-7,10,14,18-19,33H,8-9,11-13H2,1H3,(H,34,35)/t14-,18-,19+/m0/s1. The largest absolute Gasteiger partial charge is 0.489 e. The Bertz CT molecular complexity index is 1200. The van der Waals surface area contributed by atoms with Crippen molar-refractivity contribution in [3.05, 3.63) is 58.7 Å². The number of hydrogen-bond donors (Lipinski definition) is 2. The van der Waals surface area contributed by atoms with Gasteiger partial charge in [0.25, 0.3) is 0 Å². The smallest absolute Gasteiger partial charge is 0.425 e. The average molecular weight is 545 g/mol. The van der Waals surface area contributed by atoms with Gasteiger partial charge in [-0.05, 0) is 61.2 Å². The van der Waals surface area contributed by atoms with Crippen molar-refractivity contribution in [2.24, 2.45) is 5.92 Å². The topological polar surface area (TPSA) is 77.0 Å². The number of fused-ring (bicyclic) bond motifs is 1. The van der Waals surface area contributed by atoms with Crippen molar-refractivity contribution in [1.82, 2.24) is 5.32 Å². The molecule has 1 fully saturated rings. The number of halogens is 6. The zero-order valence-corrected chi connectivity index (χ0v) is 20.2. The van der Waals surface area contributed by atoms with E-state index in [2.05, 4.69) is 10.1 Å². The van der Waals surface area contributed by atoms with Crippen LogP contribution in [0.15, 0.2) is 42.0 Å². The molecule has 0 amide bonds. The molecule has 2 aromatic carbocycles. The number of carboxylic acids is 1. The van der Waals surface area contributed by atoms with E-state index in [1.165, 1.54) is 6.07 Å². The minimum absolute atomic E-state index is 0.0948. The van der Waals surface area contributed by atoms with Gasteiger partial charge in [0.15, 0.2) is 6.10 Å². The number of alkyl halides is 6. The SMILES string of the molecule is C[C@H](Oc1ccc(COc2ccc3c(c2)OCC(CN[C@H]2C[C@@H](C(=O)O)C2)=C3)cc1C(F)(F)F)C(F)(F)F. The van der Waals surface area contributed by atoms with E-state index in [1.54, 1.807) is 18.2 Å². The number of aliphatic carboxylic acids is 1. The molecule has 2 N–H and O–H groups in total. The average Bonchev–Trinajstić information content (AvgIpc) is 2.80. The number of ether oxygens (including phenoxy) is 3. The van der Waals surface area contributed by atoms with E-state index in [1.807, 2.05) is 6.08 Å². The van der Waals surface area contributed by atoms with Gasteiger partial charge in [-0.3, -0.25) is 4.79 Å². The predicted molar refractivity (Wildman–Crippen MR) is 124 cm³/mol. The van der Waals surface area contributed by atoms with Gasteiger partial charge in [-0.1, -0.05) is 6.07 Å². The summed E-state index contributed by atoms with van der Waals surface area (Å²) < 4.78 is 94.6. The minimum atomic E-state index is -4.92. The maximum atomic E-state index is 13.5. The van der Waals surface area contributed by atoms with Crippen molar-refractivity contribution in [2.45, 2.75) is 50.9 Å². The molecule has 1 saturated carbocycles. The molecule has 0 saturated heterocycles. The number of nitrogens with one attached hydrogen (secondary N) is 1. The van der Waals surface area contributed by atoms with E-state index in [4.69, 9.17) is 14.6 Å². The van der Waals surface area contributed by atoms with E-state index in [0.717, 1.165) is 17.2 Å². The molecule has 2 aliphatic rings. The van der Waals surface area contributed by atoms with Crippen LogP contribution in [0.1, 0.15) is 36.5 Å². The maximum absolute atomic E-state index is 13.5. The fraction of sp³-hybridized carbons (Fsp3) is 0.423. The molecule has 0 radical (unpaired) electrons. The summed E-state index contributed by atoms with van der Waals surface area (Å²) in [5.74, 6) is -1.12. The van der Waals surface area contributed by atoms with Crippen molar-refractivity contribution in [1.29, 1.82) is 0 Å². The van der Waals surface area contributed by atoms with Gasteiger partial charge in [-0.2, -0.15) is 26.3 Å². The molecule has 0 spiro atoms. The molecule has 1 heterocycles. The van der Waals surface area contributed by atoms with Crippen LogP contribution in [0, 0.1) is 5.92 Å². The number of hydrogen-bond acceptors (Lipinski definition) is 5. The monoisotopic (exact) mass is 545 g/mol. The van der Waals surface area contributed by atoms with Crippen LogP contribution in [0.3, 0.4) is 0 Å². The first kappa shape index (κ1) is 27.6. The van der Waals surface area contributed by atoms with Crippen LogP contribution >= 0.6 is 0 Å². The first-order chi connectivity index (χ1) is 17.8. The quantitative estimate of drug-likeness (QED) is 0.386. The number of carbonyl (C=O) groups is 1. The summed E-state index contributed by atoms with van der Waals surface area (Å²) in [5.41, 5.74) is 0.538. The number of benzene rings is 2. The maximum Gasteiger partial charge on any atom is 0.425 e. The Morgan fingerprint density at radius 2 is 1.87 bits per heavy atom. The molecule has 0 aromatic heterocycles. The Morgan fingerprint density at radius 1 is 1.13 bits per heavy atom. The molecule has 38 heavy (non-hydrogen) atoms.